The van der Waals surface area contributed by atoms with Gasteiger partial charge in [-0.2, -0.15) is 0 Å². The average molecular weight is 717 g/mol. The second kappa shape index (κ2) is 12.0. The second-order valence-electron chi connectivity index (χ2n) is 20.0. The molecule has 4 aromatic carbocycles. The molecule has 0 amide bonds. The second-order valence-corrected chi connectivity index (χ2v) is 21.1. The largest absolute Gasteiger partial charge is 0.312 e. The summed E-state index contributed by atoms with van der Waals surface area (Å²) < 4.78 is 2.85. The number of thiophene rings is 1. The van der Waals surface area contributed by atoms with E-state index < -0.39 is 0 Å². The number of rotatable bonds is 2. The van der Waals surface area contributed by atoms with E-state index in [4.69, 9.17) is 0 Å². The van der Waals surface area contributed by atoms with E-state index in [1.807, 2.05) is 11.3 Å². The number of hydrogen-bond acceptors (Lipinski definition) is 3. The molecule has 0 saturated carbocycles. The molecule has 3 aliphatic rings. The molecule has 0 N–H and O–H groups in total. The van der Waals surface area contributed by atoms with Crippen LogP contribution in [0.3, 0.4) is 0 Å². The summed E-state index contributed by atoms with van der Waals surface area (Å²) in [4.78, 5) is 5.24. The smallest absolute Gasteiger partial charge is 0.260 e. The van der Waals surface area contributed by atoms with Crippen LogP contribution >= 0.6 is 11.3 Å². The standard InChI is InChI=1S/C49H57BN2S/c1-30-26-40-43-41(27-30)52(36-22-16-32(17-23-36)47(5,6)7)44-37-28-33(48(8,9)10)19-25-42(37)53-45(44)50(43)38-24-18-34(49(11,12)13)29-39(38)51(40)35-20-14-31(15-21-35)46(2,3)4/h14-17,19-23,25-29H,18,24H2,1-13H3. The van der Waals surface area contributed by atoms with Crippen molar-refractivity contribution in [3.8, 4) is 0 Å². The number of hydrogen-bond donors (Lipinski definition) is 0. The fourth-order valence-electron chi connectivity index (χ4n) is 8.72. The van der Waals surface area contributed by atoms with Crippen molar-refractivity contribution in [1.29, 1.82) is 0 Å². The lowest BCUT2D eigenvalue weighted by Crippen LogP contribution is -2.55. The Morgan fingerprint density at radius 3 is 1.60 bits per heavy atom. The third-order valence-electron chi connectivity index (χ3n) is 11.9. The summed E-state index contributed by atoms with van der Waals surface area (Å²) in [5.74, 6) is 0. The van der Waals surface area contributed by atoms with Crippen LogP contribution in [0.4, 0.5) is 28.4 Å². The van der Waals surface area contributed by atoms with Crippen LogP contribution in [0.1, 0.15) is 118 Å². The minimum absolute atomic E-state index is 0.0552. The zero-order valence-corrected chi connectivity index (χ0v) is 35.2. The van der Waals surface area contributed by atoms with Crippen molar-refractivity contribution in [3.63, 3.8) is 0 Å². The molecule has 2 nitrogen and oxygen atoms in total. The van der Waals surface area contributed by atoms with Crippen LogP contribution in [0, 0.1) is 12.3 Å². The van der Waals surface area contributed by atoms with Gasteiger partial charge in [0.1, 0.15) is 0 Å². The molecule has 5 aromatic rings. The van der Waals surface area contributed by atoms with Crippen molar-refractivity contribution in [3.05, 3.63) is 124 Å². The fraction of sp³-hybridized carbons (Fsp3) is 0.388. The molecule has 0 radical (unpaired) electrons. The van der Waals surface area contributed by atoms with E-state index in [1.54, 1.807) is 5.47 Å². The Balaban J connectivity index is 1.46. The number of fused-ring (bicyclic) bond motifs is 5. The van der Waals surface area contributed by atoms with Gasteiger partial charge in [-0.3, -0.25) is 0 Å². The van der Waals surface area contributed by atoms with Gasteiger partial charge in [-0.1, -0.05) is 124 Å². The summed E-state index contributed by atoms with van der Waals surface area (Å²) in [6, 6.07) is 31.1. The minimum atomic E-state index is 0.0552. The highest BCUT2D eigenvalue weighted by molar-refractivity contribution is 7.32. The van der Waals surface area contributed by atoms with Crippen molar-refractivity contribution in [2.45, 2.75) is 119 Å². The molecule has 53 heavy (non-hydrogen) atoms. The van der Waals surface area contributed by atoms with E-state index in [2.05, 4.69) is 185 Å². The lowest BCUT2D eigenvalue weighted by Gasteiger charge is -2.46. The van der Waals surface area contributed by atoms with Gasteiger partial charge in [0.25, 0.3) is 6.71 Å². The summed E-state index contributed by atoms with van der Waals surface area (Å²) in [5.41, 5.74) is 18.1. The van der Waals surface area contributed by atoms with E-state index >= 15 is 0 Å². The summed E-state index contributed by atoms with van der Waals surface area (Å²) in [7, 11) is 0. The van der Waals surface area contributed by atoms with Crippen molar-refractivity contribution in [2.24, 2.45) is 5.41 Å². The lowest BCUT2D eigenvalue weighted by molar-refractivity contribution is 0.479. The van der Waals surface area contributed by atoms with Crippen LogP contribution in [0.5, 0.6) is 0 Å². The first-order valence-corrected chi connectivity index (χ1v) is 20.5. The first-order valence-electron chi connectivity index (χ1n) is 19.7. The third-order valence-corrected chi connectivity index (χ3v) is 13.2. The molecule has 2 aliphatic heterocycles. The summed E-state index contributed by atoms with van der Waals surface area (Å²) >= 11 is 2.02. The predicted molar refractivity (Wildman–Crippen MR) is 235 cm³/mol. The summed E-state index contributed by atoms with van der Waals surface area (Å²) in [6.07, 6.45) is 4.73. The minimum Gasteiger partial charge on any atom is -0.312 e. The molecule has 272 valence electrons. The maximum Gasteiger partial charge on any atom is 0.260 e. The van der Waals surface area contributed by atoms with Crippen LogP contribution in [-0.4, -0.2) is 6.71 Å². The van der Waals surface area contributed by atoms with E-state index in [1.165, 1.54) is 82.3 Å². The van der Waals surface area contributed by atoms with E-state index in [0.29, 0.717) is 0 Å². The van der Waals surface area contributed by atoms with Crippen molar-refractivity contribution in [1.82, 2.24) is 0 Å². The molecular weight excluding hydrogens is 659 g/mol. The molecule has 0 saturated heterocycles. The molecule has 0 bridgehead atoms. The average Bonchev–Trinajstić information content (AvgIpc) is 3.45. The highest BCUT2D eigenvalue weighted by Gasteiger charge is 2.47. The molecule has 0 spiro atoms. The van der Waals surface area contributed by atoms with Gasteiger partial charge >= 0.3 is 0 Å². The highest BCUT2D eigenvalue weighted by atomic mass is 32.1. The summed E-state index contributed by atoms with van der Waals surface area (Å²) in [5, 5.41) is 1.37. The molecule has 0 fully saturated rings. The topological polar surface area (TPSA) is 6.48 Å². The Bertz CT molecular complexity index is 2320. The van der Waals surface area contributed by atoms with Gasteiger partial charge in [-0.05, 0) is 124 Å². The molecule has 1 aromatic heterocycles. The molecule has 4 heteroatoms. The first kappa shape index (κ1) is 36.0. The van der Waals surface area contributed by atoms with Gasteiger partial charge < -0.3 is 9.80 Å². The van der Waals surface area contributed by atoms with Crippen LogP contribution in [-0.2, 0) is 16.2 Å². The first-order chi connectivity index (χ1) is 24.7. The zero-order chi connectivity index (χ0) is 38.0. The third kappa shape index (κ3) is 6.01. The van der Waals surface area contributed by atoms with E-state index in [-0.39, 0.29) is 28.4 Å². The quantitative estimate of drug-likeness (QED) is 0.168. The normalized spacial score (nSPS) is 16.2. The maximum absolute atomic E-state index is 2.63. The number of benzene rings is 4. The highest BCUT2D eigenvalue weighted by Crippen LogP contribution is 2.51. The fourth-order valence-corrected chi connectivity index (χ4v) is 10.0. The molecule has 1 aliphatic carbocycles. The van der Waals surface area contributed by atoms with Crippen LogP contribution in [0.25, 0.3) is 10.1 Å². The Morgan fingerprint density at radius 2 is 1.08 bits per heavy atom. The van der Waals surface area contributed by atoms with Crippen molar-refractivity contribution in [2.75, 3.05) is 9.80 Å². The molecule has 8 rings (SSSR count). The number of aryl methyl sites for hydroxylation is 1. The Labute approximate surface area is 323 Å². The van der Waals surface area contributed by atoms with Gasteiger partial charge in [-0.25, -0.2) is 0 Å². The Hall–Kier alpha value is -4.02. The number of nitrogens with zero attached hydrogens (tertiary/aromatic N) is 2. The molecular formula is C49H57BN2S. The predicted octanol–water partition coefficient (Wildman–Crippen LogP) is 13.2. The van der Waals surface area contributed by atoms with Gasteiger partial charge in [0, 0.05) is 43.3 Å². The van der Waals surface area contributed by atoms with Gasteiger partial charge in [0.2, 0.25) is 0 Å². The number of allylic oxidation sites excluding steroid dienone is 3. The zero-order valence-electron chi connectivity index (χ0n) is 34.4. The number of anilines is 5. The lowest BCUT2D eigenvalue weighted by atomic mass is 9.34. The van der Waals surface area contributed by atoms with Crippen molar-refractivity contribution >= 4 is 66.8 Å². The van der Waals surface area contributed by atoms with Crippen molar-refractivity contribution < 1.29 is 0 Å². The van der Waals surface area contributed by atoms with Crippen LogP contribution in [0.15, 0.2) is 102 Å². The molecule has 0 unspecified atom stereocenters. The molecule has 3 heterocycles. The van der Waals surface area contributed by atoms with E-state index in [0.717, 1.165) is 12.8 Å². The van der Waals surface area contributed by atoms with Gasteiger partial charge in [-0.15, -0.1) is 11.3 Å². The van der Waals surface area contributed by atoms with Gasteiger partial charge in [0.15, 0.2) is 0 Å². The SMILES string of the molecule is Cc1cc2c3c(c1)N(c1ccc(C(C)(C)C)cc1)c1c(sc4ccc(C(C)(C)C)cc14)B3C1=C(C=C(C(C)(C)C)CC1)N2c1ccc(C(C)(C)C)cc1. The molecule has 0 atom stereocenters. The van der Waals surface area contributed by atoms with Crippen LogP contribution < -0.4 is 20.0 Å². The Morgan fingerprint density at radius 1 is 0.566 bits per heavy atom. The van der Waals surface area contributed by atoms with Gasteiger partial charge in [0.05, 0.1) is 5.69 Å². The maximum atomic E-state index is 2.63. The van der Waals surface area contributed by atoms with Crippen LogP contribution in [0.2, 0.25) is 0 Å². The Kier molecular flexibility index (Phi) is 8.14. The monoisotopic (exact) mass is 716 g/mol. The summed E-state index contributed by atoms with van der Waals surface area (Å²) in [6.45, 7) is 30.5. The van der Waals surface area contributed by atoms with E-state index in [9.17, 15) is 0 Å².